The number of allylic oxidation sites excluding steroid dienone is 3. The second-order valence-electron chi connectivity index (χ2n) is 7.28. The van der Waals surface area contributed by atoms with Gasteiger partial charge in [0.1, 0.15) is 0 Å². The van der Waals surface area contributed by atoms with Crippen LogP contribution in [-0.2, 0) is 6.42 Å². The molecule has 2 aliphatic rings. The van der Waals surface area contributed by atoms with Gasteiger partial charge in [-0.25, -0.2) is 0 Å². The fraction of sp³-hybridized carbons (Fsp3) is 0.318. The number of aromatic nitrogens is 2. The maximum Gasteiger partial charge on any atom is 0.230 e. The van der Waals surface area contributed by atoms with Gasteiger partial charge in [-0.3, -0.25) is 4.99 Å². The van der Waals surface area contributed by atoms with Gasteiger partial charge in [0, 0.05) is 31.2 Å². The van der Waals surface area contributed by atoms with E-state index >= 15 is 0 Å². The van der Waals surface area contributed by atoms with Crippen LogP contribution >= 0.6 is 0 Å². The molecule has 4 nitrogen and oxygen atoms in total. The van der Waals surface area contributed by atoms with Gasteiger partial charge in [-0.05, 0) is 47.9 Å². The molecule has 1 heterocycles. The lowest BCUT2D eigenvalue weighted by molar-refractivity contribution is 0.378. The first-order valence-corrected chi connectivity index (χ1v) is 8.97. The Bertz CT molecular complexity index is 935. The van der Waals surface area contributed by atoms with Crippen LogP contribution in [0.4, 0.5) is 0 Å². The third-order valence-corrected chi connectivity index (χ3v) is 5.26. The van der Waals surface area contributed by atoms with Crippen molar-refractivity contribution in [2.75, 3.05) is 7.05 Å². The molecule has 2 aliphatic carbocycles. The molecular weight excluding hydrogens is 322 g/mol. The number of fused-ring (bicyclic) bond motifs is 1. The monoisotopic (exact) mass is 345 g/mol. The molecule has 0 amide bonds. The van der Waals surface area contributed by atoms with Gasteiger partial charge < -0.3 is 4.52 Å². The van der Waals surface area contributed by atoms with Crippen LogP contribution in [0.5, 0.6) is 0 Å². The summed E-state index contributed by atoms with van der Waals surface area (Å²) in [7, 11) is 1.79. The number of rotatable bonds is 6. The first-order valence-electron chi connectivity index (χ1n) is 8.97. The molecule has 0 unspecified atom stereocenters. The predicted molar refractivity (Wildman–Crippen MR) is 105 cm³/mol. The number of benzene rings is 1. The van der Waals surface area contributed by atoms with Crippen LogP contribution in [-0.4, -0.2) is 23.4 Å². The Kier molecular flexibility index (Phi) is 4.19. The van der Waals surface area contributed by atoms with Crippen LogP contribution in [0.15, 0.2) is 52.5 Å². The smallest absolute Gasteiger partial charge is 0.230 e. The highest BCUT2D eigenvalue weighted by molar-refractivity contribution is 5.87. The number of aliphatic imine (C=N–C) groups is 1. The van der Waals surface area contributed by atoms with Crippen molar-refractivity contribution in [3.05, 3.63) is 71.4 Å². The highest BCUT2D eigenvalue weighted by Gasteiger charge is 2.55. The van der Waals surface area contributed by atoms with Crippen LogP contribution in [0.3, 0.4) is 0 Å². The summed E-state index contributed by atoms with van der Waals surface area (Å²) in [5.41, 5.74) is 5.93. The van der Waals surface area contributed by atoms with Gasteiger partial charge in [-0.2, -0.15) is 4.98 Å². The van der Waals surface area contributed by atoms with Crippen LogP contribution in [0.2, 0.25) is 0 Å². The maximum atomic E-state index is 5.36. The van der Waals surface area contributed by atoms with E-state index in [-0.39, 0.29) is 0 Å². The minimum atomic E-state index is 0.408. The zero-order valence-corrected chi connectivity index (χ0v) is 15.3. The largest absolute Gasteiger partial charge is 0.339 e. The van der Waals surface area contributed by atoms with E-state index in [0.29, 0.717) is 30.1 Å². The normalized spacial score (nSPS) is 23.8. The zero-order chi connectivity index (χ0) is 18.3. The Balaban J connectivity index is 1.51. The molecule has 4 heteroatoms. The maximum absolute atomic E-state index is 5.36. The van der Waals surface area contributed by atoms with E-state index in [1.54, 1.807) is 7.05 Å². The Morgan fingerprint density at radius 1 is 1.38 bits per heavy atom. The number of nitrogens with zero attached hydrogens (tertiary/aromatic N) is 3. The molecule has 0 radical (unpaired) electrons. The lowest BCUT2D eigenvalue weighted by atomic mass is 9.96. The summed E-state index contributed by atoms with van der Waals surface area (Å²) in [4.78, 5) is 8.71. The Hall–Kier alpha value is -2.75. The van der Waals surface area contributed by atoms with E-state index in [4.69, 9.17) is 4.52 Å². The molecule has 1 saturated carbocycles. The number of hydrogen-bond donors (Lipinski definition) is 0. The molecule has 1 aromatic carbocycles. The molecule has 0 bridgehead atoms. The number of hydrogen-bond acceptors (Lipinski definition) is 4. The van der Waals surface area contributed by atoms with Gasteiger partial charge in [-0.15, -0.1) is 0 Å². The lowest BCUT2D eigenvalue weighted by Crippen LogP contribution is -1.95. The minimum absolute atomic E-state index is 0.408. The summed E-state index contributed by atoms with van der Waals surface area (Å²) in [6.45, 7) is 9.75. The van der Waals surface area contributed by atoms with Crippen molar-refractivity contribution >= 4 is 17.9 Å². The van der Waals surface area contributed by atoms with E-state index in [9.17, 15) is 0 Å². The second kappa shape index (κ2) is 6.52. The van der Waals surface area contributed by atoms with Gasteiger partial charge in [0.2, 0.25) is 5.89 Å². The summed E-state index contributed by atoms with van der Waals surface area (Å²) in [6, 6.07) is 6.49. The molecule has 0 N–H and O–H groups in total. The minimum Gasteiger partial charge on any atom is -0.339 e. The van der Waals surface area contributed by atoms with Crippen molar-refractivity contribution in [3.63, 3.8) is 0 Å². The van der Waals surface area contributed by atoms with Gasteiger partial charge >= 0.3 is 0 Å². The van der Waals surface area contributed by atoms with Crippen molar-refractivity contribution in [1.29, 1.82) is 0 Å². The van der Waals surface area contributed by atoms with E-state index in [2.05, 4.69) is 52.6 Å². The molecule has 4 rings (SSSR count). The van der Waals surface area contributed by atoms with Crippen LogP contribution < -0.4 is 0 Å². The molecule has 3 atom stereocenters. The van der Waals surface area contributed by atoms with Crippen molar-refractivity contribution in [2.45, 2.75) is 25.7 Å². The Morgan fingerprint density at radius 2 is 2.23 bits per heavy atom. The summed E-state index contributed by atoms with van der Waals surface area (Å²) in [5.74, 6) is 3.06. The van der Waals surface area contributed by atoms with E-state index in [1.807, 2.05) is 19.2 Å². The van der Waals surface area contributed by atoms with E-state index in [1.165, 1.54) is 11.1 Å². The Morgan fingerprint density at radius 3 is 2.88 bits per heavy atom. The fourth-order valence-electron chi connectivity index (χ4n) is 3.97. The third kappa shape index (κ3) is 2.96. The third-order valence-electron chi connectivity index (χ3n) is 5.26. The topological polar surface area (TPSA) is 51.3 Å². The fourth-order valence-corrected chi connectivity index (χ4v) is 3.97. The molecule has 0 saturated heterocycles. The van der Waals surface area contributed by atoms with Gasteiger partial charge in [0.15, 0.2) is 5.82 Å². The SMILES string of the molecule is C=Cc1ccc(C2=C[C@H]3[C@@H](C2)[C@@H]3c2noc(CC(=C)C)n2)cc1C=NC. The summed E-state index contributed by atoms with van der Waals surface area (Å²) < 4.78 is 5.36. The highest BCUT2D eigenvalue weighted by atomic mass is 16.5. The molecular formula is C22H23N3O. The van der Waals surface area contributed by atoms with Crippen molar-refractivity contribution in [2.24, 2.45) is 16.8 Å². The molecule has 1 aromatic heterocycles. The van der Waals surface area contributed by atoms with E-state index in [0.717, 1.165) is 28.9 Å². The molecule has 132 valence electrons. The first kappa shape index (κ1) is 16.7. The molecule has 0 aliphatic heterocycles. The average Bonchev–Trinajstić information content (AvgIpc) is 2.98. The molecule has 26 heavy (non-hydrogen) atoms. The summed E-state index contributed by atoms with van der Waals surface area (Å²) >= 11 is 0. The molecule has 2 aromatic rings. The second-order valence-corrected chi connectivity index (χ2v) is 7.28. The Labute approximate surface area is 154 Å². The zero-order valence-electron chi connectivity index (χ0n) is 15.3. The lowest BCUT2D eigenvalue weighted by Gasteiger charge is -2.09. The van der Waals surface area contributed by atoms with Crippen LogP contribution in [0, 0.1) is 11.8 Å². The van der Waals surface area contributed by atoms with Crippen molar-refractivity contribution in [3.8, 4) is 0 Å². The predicted octanol–water partition coefficient (Wildman–Crippen LogP) is 4.70. The average molecular weight is 345 g/mol. The molecule has 1 fully saturated rings. The van der Waals surface area contributed by atoms with E-state index < -0.39 is 0 Å². The van der Waals surface area contributed by atoms with Gasteiger partial charge in [0.25, 0.3) is 0 Å². The summed E-state index contributed by atoms with van der Waals surface area (Å²) in [6.07, 6.45) is 7.88. The quantitative estimate of drug-likeness (QED) is 0.563. The van der Waals surface area contributed by atoms with Crippen molar-refractivity contribution < 1.29 is 4.52 Å². The highest BCUT2D eigenvalue weighted by Crippen LogP contribution is 2.62. The van der Waals surface area contributed by atoms with Gasteiger partial charge in [0.05, 0.1) is 0 Å². The first-order chi connectivity index (χ1) is 12.6. The molecule has 0 spiro atoms. The van der Waals surface area contributed by atoms with Crippen molar-refractivity contribution in [1.82, 2.24) is 10.1 Å². The van der Waals surface area contributed by atoms with Crippen LogP contribution in [0.1, 0.15) is 47.7 Å². The van der Waals surface area contributed by atoms with Crippen LogP contribution in [0.25, 0.3) is 11.6 Å². The van der Waals surface area contributed by atoms with Gasteiger partial charge in [-0.1, -0.05) is 48.2 Å². The summed E-state index contributed by atoms with van der Waals surface area (Å²) in [5, 5.41) is 4.19. The standard InChI is InChI=1S/C22H23N3O/c1-5-14-6-7-15(9-17(14)12-23-4)16-10-18-19(11-16)21(18)22-24-20(26-25-22)8-13(2)3/h5-7,9-10,12,18-19,21H,1-2,8,11H2,3-4H3/t18-,19+,21+/m0/s1.